The number of benzene rings is 2. The van der Waals surface area contributed by atoms with Crippen molar-refractivity contribution in [3.05, 3.63) is 53.6 Å². The molecule has 0 spiro atoms. The maximum atomic E-state index is 5.83. The Bertz CT molecular complexity index is 488. The van der Waals surface area contributed by atoms with Crippen molar-refractivity contribution < 1.29 is 4.74 Å². The van der Waals surface area contributed by atoms with Gasteiger partial charge in [-0.1, -0.05) is 42.0 Å². The van der Waals surface area contributed by atoms with E-state index in [1.54, 1.807) is 0 Å². The van der Waals surface area contributed by atoms with Crippen LogP contribution in [0.25, 0.3) is 0 Å². The first kappa shape index (κ1) is 12.1. The van der Waals surface area contributed by atoms with Gasteiger partial charge >= 0.3 is 0 Å². The second-order valence-corrected chi connectivity index (χ2v) is 4.69. The highest BCUT2D eigenvalue weighted by atomic mass is 32.1. The molecule has 2 aromatic rings. The van der Waals surface area contributed by atoms with Gasteiger partial charge in [-0.3, -0.25) is 0 Å². The summed E-state index contributed by atoms with van der Waals surface area (Å²) >= 11 is 4.46. The molecule has 0 N–H and O–H groups in total. The monoisotopic (exact) mass is 242 g/mol. The number of hydrogen-bond donors (Lipinski definition) is 1. The molecular weight excluding hydrogens is 227 g/mol. The third-order valence-corrected chi connectivity index (χ3v) is 2.96. The van der Waals surface area contributed by atoms with Gasteiger partial charge in [0, 0.05) is 4.90 Å². The Morgan fingerprint density at radius 3 is 2.53 bits per heavy atom. The lowest BCUT2D eigenvalue weighted by Gasteiger charge is -2.12. The van der Waals surface area contributed by atoms with Crippen LogP contribution in [-0.2, 0) is 6.61 Å². The van der Waals surface area contributed by atoms with E-state index in [0.29, 0.717) is 6.61 Å². The van der Waals surface area contributed by atoms with E-state index in [1.807, 2.05) is 32.1 Å². The van der Waals surface area contributed by atoms with E-state index in [4.69, 9.17) is 4.74 Å². The average Bonchev–Trinajstić information content (AvgIpc) is 2.29. The zero-order chi connectivity index (χ0) is 12.3. The Morgan fingerprint density at radius 2 is 1.88 bits per heavy atom. The van der Waals surface area contributed by atoms with E-state index in [9.17, 15) is 0 Å². The van der Waals surface area contributed by atoms with Crippen LogP contribution in [0.5, 0.6) is 5.75 Å². The molecule has 0 aliphatic rings. The van der Waals surface area contributed by atoms with E-state index in [-0.39, 0.29) is 0 Å². The van der Waals surface area contributed by atoms with Gasteiger partial charge in [-0.2, -0.15) is 0 Å². The molecule has 0 unspecified atom stereocenters. The molecule has 0 aliphatic carbocycles. The lowest BCUT2D eigenvalue weighted by molar-refractivity contribution is 0.301. The SMILES string of the molecule is Bc1cc(C)cc(S)c1OCc1ccccc1. The third-order valence-electron chi connectivity index (χ3n) is 2.63. The van der Waals surface area contributed by atoms with Crippen LogP contribution in [0.2, 0.25) is 0 Å². The van der Waals surface area contributed by atoms with Gasteiger partial charge in [0.25, 0.3) is 0 Å². The van der Waals surface area contributed by atoms with E-state index < -0.39 is 0 Å². The Morgan fingerprint density at radius 1 is 1.18 bits per heavy atom. The molecule has 0 saturated carbocycles. The van der Waals surface area contributed by atoms with Crippen molar-refractivity contribution in [2.24, 2.45) is 0 Å². The van der Waals surface area contributed by atoms with Crippen molar-refractivity contribution in [3.8, 4) is 5.75 Å². The van der Waals surface area contributed by atoms with Gasteiger partial charge in [0.15, 0.2) is 0 Å². The maximum Gasteiger partial charge on any atom is 0.144 e. The summed E-state index contributed by atoms with van der Waals surface area (Å²) in [5, 5.41) is 0. The van der Waals surface area contributed by atoms with Crippen LogP contribution in [0.1, 0.15) is 11.1 Å². The van der Waals surface area contributed by atoms with Crippen LogP contribution in [-0.4, -0.2) is 7.85 Å². The van der Waals surface area contributed by atoms with Crippen molar-refractivity contribution in [2.75, 3.05) is 0 Å². The third kappa shape index (κ3) is 3.07. The predicted molar refractivity (Wildman–Crippen MR) is 77.4 cm³/mol. The van der Waals surface area contributed by atoms with E-state index in [1.165, 1.54) is 11.1 Å². The van der Waals surface area contributed by atoms with Crippen LogP contribution in [0.4, 0.5) is 0 Å². The molecular formula is C14H15BOS. The summed E-state index contributed by atoms with van der Waals surface area (Å²) in [6.45, 7) is 2.64. The fourth-order valence-corrected chi connectivity index (χ4v) is 2.29. The molecule has 17 heavy (non-hydrogen) atoms. The summed E-state index contributed by atoms with van der Waals surface area (Å²) in [6, 6.07) is 14.3. The van der Waals surface area contributed by atoms with Crippen molar-refractivity contribution in [3.63, 3.8) is 0 Å². The second-order valence-electron chi connectivity index (χ2n) is 4.20. The quantitative estimate of drug-likeness (QED) is 0.640. The first-order chi connectivity index (χ1) is 8.16. The van der Waals surface area contributed by atoms with Gasteiger partial charge in [0.2, 0.25) is 0 Å². The molecule has 0 bridgehead atoms. The van der Waals surface area contributed by atoms with Crippen LogP contribution < -0.4 is 10.2 Å². The Kier molecular flexibility index (Phi) is 3.80. The second kappa shape index (κ2) is 5.32. The highest BCUT2D eigenvalue weighted by Crippen LogP contribution is 2.22. The van der Waals surface area contributed by atoms with E-state index in [0.717, 1.165) is 16.1 Å². The smallest absolute Gasteiger partial charge is 0.144 e. The van der Waals surface area contributed by atoms with Crippen molar-refractivity contribution in [1.29, 1.82) is 0 Å². The number of ether oxygens (including phenoxy) is 1. The van der Waals surface area contributed by atoms with Crippen LogP contribution in [0.15, 0.2) is 47.4 Å². The largest absolute Gasteiger partial charge is 0.488 e. The summed E-state index contributed by atoms with van der Waals surface area (Å²) in [7, 11) is 2.05. The minimum Gasteiger partial charge on any atom is -0.488 e. The molecule has 0 heterocycles. The van der Waals surface area contributed by atoms with Gasteiger partial charge in [0.05, 0.1) is 0 Å². The number of hydrogen-bond acceptors (Lipinski definition) is 2. The maximum absolute atomic E-state index is 5.83. The lowest BCUT2D eigenvalue weighted by atomic mass is 9.93. The zero-order valence-corrected chi connectivity index (χ0v) is 11.0. The molecule has 1 nitrogen and oxygen atoms in total. The number of aryl methyl sites for hydroxylation is 1. The molecule has 0 amide bonds. The lowest BCUT2D eigenvalue weighted by Crippen LogP contribution is -2.10. The highest BCUT2D eigenvalue weighted by molar-refractivity contribution is 7.80. The average molecular weight is 242 g/mol. The Balaban J connectivity index is 2.15. The van der Waals surface area contributed by atoms with E-state index in [2.05, 4.69) is 37.8 Å². The molecule has 0 atom stereocenters. The molecule has 0 radical (unpaired) electrons. The van der Waals surface area contributed by atoms with Crippen molar-refractivity contribution in [1.82, 2.24) is 0 Å². The van der Waals surface area contributed by atoms with Crippen molar-refractivity contribution in [2.45, 2.75) is 18.4 Å². The standard InChI is InChI=1S/C14H15BOS/c1-10-7-12(15)14(13(17)8-10)16-9-11-5-3-2-4-6-11/h2-8,17H,9,15H2,1H3. The first-order valence-corrected chi connectivity index (χ1v) is 6.08. The molecule has 0 aromatic heterocycles. The summed E-state index contributed by atoms with van der Waals surface area (Å²) < 4.78 is 5.83. The fourth-order valence-electron chi connectivity index (χ4n) is 1.85. The summed E-state index contributed by atoms with van der Waals surface area (Å²) in [5.41, 5.74) is 3.51. The fraction of sp³-hybridized carbons (Fsp3) is 0.143. The highest BCUT2D eigenvalue weighted by Gasteiger charge is 2.05. The van der Waals surface area contributed by atoms with Gasteiger partial charge < -0.3 is 4.74 Å². The molecule has 0 aliphatic heterocycles. The molecule has 2 rings (SSSR count). The predicted octanol–water partition coefficient (Wildman–Crippen LogP) is 2.12. The van der Waals surface area contributed by atoms with Gasteiger partial charge in [-0.25, -0.2) is 0 Å². The van der Waals surface area contributed by atoms with Crippen LogP contribution >= 0.6 is 12.6 Å². The summed E-state index contributed by atoms with van der Waals surface area (Å²) in [4.78, 5) is 0.901. The molecule has 86 valence electrons. The summed E-state index contributed by atoms with van der Waals surface area (Å²) in [5.74, 6) is 0.878. The zero-order valence-electron chi connectivity index (χ0n) is 10.1. The number of rotatable bonds is 3. The molecule has 3 heteroatoms. The molecule has 0 fully saturated rings. The molecule has 2 aromatic carbocycles. The summed E-state index contributed by atoms with van der Waals surface area (Å²) in [6.07, 6.45) is 0. The van der Waals surface area contributed by atoms with Gasteiger partial charge in [-0.05, 0) is 24.0 Å². The van der Waals surface area contributed by atoms with Gasteiger partial charge in [0.1, 0.15) is 20.2 Å². The van der Waals surface area contributed by atoms with E-state index >= 15 is 0 Å². The minimum atomic E-state index is 0.582. The van der Waals surface area contributed by atoms with Gasteiger partial charge in [-0.15, -0.1) is 12.6 Å². The minimum absolute atomic E-state index is 0.582. The van der Waals surface area contributed by atoms with Crippen molar-refractivity contribution >= 4 is 25.9 Å². The first-order valence-electron chi connectivity index (χ1n) is 5.64. The number of thiol groups is 1. The van der Waals surface area contributed by atoms with Crippen LogP contribution in [0, 0.1) is 6.92 Å². The topological polar surface area (TPSA) is 9.23 Å². The van der Waals surface area contributed by atoms with Crippen LogP contribution in [0.3, 0.4) is 0 Å². The Labute approximate surface area is 109 Å². The molecule has 0 saturated heterocycles. The Hall–Kier alpha value is -1.35. The normalized spacial score (nSPS) is 10.2.